The lowest BCUT2D eigenvalue weighted by Gasteiger charge is -2.41. The van der Waals surface area contributed by atoms with E-state index < -0.39 is 23.6 Å². The molecule has 3 aliphatic rings. The fourth-order valence-corrected chi connectivity index (χ4v) is 4.65. The van der Waals surface area contributed by atoms with E-state index in [0.29, 0.717) is 24.6 Å². The van der Waals surface area contributed by atoms with Gasteiger partial charge in [0.25, 0.3) is 5.92 Å². The summed E-state index contributed by atoms with van der Waals surface area (Å²) in [5, 5.41) is 11.9. The highest BCUT2D eigenvalue weighted by molar-refractivity contribution is 5.84. The lowest BCUT2D eigenvalue weighted by atomic mass is 10.1. The molecule has 11 heteroatoms. The third kappa shape index (κ3) is 3.85. The van der Waals surface area contributed by atoms with Crippen LogP contribution in [0.2, 0.25) is 0 Å². The average Bonchev–Trinajstić information content (AvgIpc) is 3.33. The molecule has 0 spiro atoms. The van der Waals surface area contributed by atoms with Crippen LogP contribution in [-0.4, -0.2) is 68.6 Å². The lowest BCUT2D eigenvalue weighted by Crippen LogP contribution is -2.56. The molecular weight excluding hydrogens is 425 g/mol. The van der Waals surface area contributed by atoms with Crippen molar-refractivity contribution in [3.63, 3.8) is 0 Å². The van der Waals surface area contributed by atoms with Gasteiger partial charge in [-0.2, -0.15) is 4.98 Å². The van der Waals surface area contributed by atoms with Crippen LogP contribution in [0.4, 0.5) is 30.6 Å². The predicted molar refractivity (Wildman–Crippen MR) is 109 cm³/mol. The monoisotopic (exact) mass is 448 g/mol. The first-order chi connectivity index (χ1) is 15.4. The van der Waals surface area contributed by atoms with E-state index in [2.05, 4.69) is 20.3 Å². The molecule has 3 fully saturated rings. The molecule has 0 radical (unpaired) electrons. The number of halogens is 3. The van der Waals surface area contributed by atoms with Crippen molar-refractivity contribution in [1.29, 1.82) is 0 Å². The van der Waals surface area contributed by atoms with Gasteiger partial charge in [-0.15, -0.1) is 0 Å². The second-order valence-corrected chi connectivity index (χ2v) is 8.54. The van der Waals surface area contributed by atoms with E-state index in [4.69, 9.17) is 5.11 Å². The number of aromatic nitrogens is 3. The summed E-state index contributed by atoms with van der Waals surface area (Å²) in [5.74, 6) is -4.06. The number of carbonyl (C=O) groups is 1. The molecule has 1 saturated carbocycles. The van der Waals surface area contributed by atoms with Crippen molar-refractivity contribution in [1.82, 2.24) is 19.9 Å². The predicted octanol–water partition coefficient (Wildman–Crippen LogP) is 2.12. The van der Waals surface area contributed by atoms with E-state index in [-0.39, 0.29) is 43.2 Å². The van der Waals surface area contributed by atoms with Gasteiger partial charge in [0.1, 0.15) is 17.6 Å². The highest BCUT2D eigenvalue weighted by Crippen LogP contribution is 2.51. The minimum Gasteiger partial charge on any atom is -0.396 e. The quantitative estimate of drug-likeness (QED) is 0.699. The SMILES string of the molecule is O=C([C@@H]1CC1(F)F)N1C2CC[C@@H]1CN(c1ccnc(Nc3cnc(CCO)c(F)c3)n1)C2. The van der Waals surface area contributed by atoms with Crippen LogP contribution in [0.3, 0.4) is 0 Å². The fourth-order valence-electron chi connectivity index (χ4n) is 4.65. The Balaban J connectivity index is 1.28. The molecule has 2 aromatic heterocycles. The number of aliphatic hydroxyl groups excluding tert-OH is 1. The normalized spacial score (nSPS) is 25.7. The number of alkyl halides is 2. The Labute approximate surface area is 182 Å². The molecule has 8 nitrogen and oxygen atoms in total. The highest BCUT2D eigenvalue weighted by Gasteiger charge is 2.64. The summed E-state index contributed by atoms with van der Waals surface area (Å²) in [6, 6.07) is 2.80. The molecule has 32 heavy (non-hydrogen) atoms. The Morgan fingerprint density at radius 3 is 2.59 bits per heavy atom. The molecule has 4 heterocycles. The topological polar surface area (TPSA) is 94.5 Å². The van der Waals surface area contributed by atoms with Crippen LogP contribution in [0.15, 0.2) is 24.5 Å². The van der Waals surface area contributed by atoms with E-state index in [1.165, 1.54) is 12.3 Å². The van der Waals surface area contributed by atoms with Crippen LogP contribution >= 0.6 is 0 Å². The van der Waals surface area contributed by atoms with Crippen LogP contribution in [0.5, 0.6) is 0 Å². The van der Waals surface area contributed by atoms with Crippen LogP contribution in [0.25, 0.3) is 0 Å². The van der Waals surface area contributed by atoms with E-state index in [1.807, 2.05) is 4.90 Å². The molecule has 3 atom stereocenters. The van der Waals surface area contributed by atoms with Crippen molar-refractivity contribution in [2.75, 3.05) is 29.9 Å². The average molecular weight is 448 g/mol. The fraction of sp³-hybridized carbons (Fsp3) is 0.524. The zero-order valence-corrected chi connectivity index (χ0v) is 17.2. The Kier molecular flexibility index (Phi) is 5.15. The van der Waals surface area contributed by atoms with Gasteiger partial charge < -0.3 is 20.2 Å². The van der Waals surface area contributed by atoms with Gasteiger partial charge in [-0.25, -0.2) is 18.2 Å². The Morgan fingerprint density at radius 1 is 1.25 bits per heavy atom. The molecular formula is C21H23F3N6O2. The number of piperazine rings is 1. The van der Waals surface area contributed by atoms with Crippen molar-refractivity contribution in [2.45, 2.75) is 43.7 Å². The van der Waals surface area contributed by atoms with Gasteiger partial charge in [0, 0.05) is 56.9 Å². The Morgan fingerprint density at radius 2 is 1.97 bits per heavy atom. The van der Waals surface area contributed by atoms with Gasteiger partial charge in [0.05, 0.1) is 17.6 Å². The van der Waals surface area contributed by atoms with E-state index in [9.17, 15) is 18.0 Å². The van der Waals surface area contributed by atoms with Gasteiger partial charge in [-0.05, 0) is 18.9 Å². The van der Waals surface area contributed by atoms with Gasteiger partial charge in [-0.1, -0.05) is 0 Å². The second kappa shape index (κ2) is 7.88. The molecule has 0 aromatic carbocycles. The largest absolute Gasteiger partial charge is 0.396 e. The number of amides is 1. The van der Waals surface area contributed by atoms with Crippen molar-refractivity contribution in [3.8, 4) is 0 Å². The van der Waals surface area contributed by atoms with Gasteiger partial charge in [0.15, 0.2) is 0 Å². The number of nitrogens with one attached hydrogen (secondary N) is 1. The molecule has 1 amide bonds. The number of fused-ring (bicyclic) bond motifs is 2. The van der Waals surface area contributed by atoms with Crippen molar-refractivity contribution >= 4 is 23.4 Å². The Hall–Kier alpha value is -2.95. The van der Waals surface area contributed by atoms with Gasteiger partial charge >= 0.3 is 0 Å². The third-order valence-electron chi connectivity index (χ3n) is 6.35. The van der Waals surface area contributed by atoms with E-state index in [1.54, 1.807) is 17.2 Å². The number of nitrogens with zero attached hydrogens (tertiary/aromatic N) is 5. The summed E-state index contributed by atoms with van der Waals surface area (Å²) in [6.45, 7) is 0.845. The number of rotatable bonds is 6. The zero-order valence-electron chi connectivity index (χ0n) is 17.2. The lowest BCUT2D eigenvalue weighted by molar-refractivity contribution is -0.138. The number of hydrogen-bond acceptors (Lipinski definition) is 7. The van der Waals surface area contributed by atoms with E-state index >= 15 is 0 Å². The molecule has 1 aliphatic carbocycles. The zero-order chi connectivity index (χ0) is 22.5. The van der Waals surface area contributed by atoms with Gasteiger partial charge in [0.2, 0.25) is 11.9 Å². The van der Waals surface area contributed by atoms with Crippen molar-refractivity contribution in [3.05, 3.63) is 36.0 Å². The smallest absolute Gasteiger partial charge is 0.260 e. The summed E-state index contributed by atoms with van der Waals surface area (Å²) in [6.07, 6.45) is 4.39. The second-order valence-electron chi connectivity index (χ2n) is 8.54. The van der Waals surface area contributed by atoms with Crippen LogP contribution in [-0.2, 0) is 11.2 Å². The number of pyridine rings is 1. The summed E-state index contributed by atoms with van der Waals surface area (Å²) >= 11 is 0. The standard InChI is InChI=1S/C21H23F3N6O2/c22-16-7-12(9-26-17(16)4-6-31)27-20-25-5-3-18(28-20)29-10-13-1-2-14(11-29)30(13)19(32)15-8-21(15,23)24/h3,5,7,9,13-15,31H,1-2,4,6,8,10-11H2,(H,25,27,28)/t13-,14?,15+/m1/s1. The number of anilines is 3. The number of carbonyl (C=O) groups excluding carboxylic acids is 1. The minimum atomic E-state index is -2.86. The highest BCUT2D eigenvalue weighted by atomic mass is 19.3. The molecule has 2 N–H and O–H groups in total. The van der Waals surface area contributed by atoms with Crippen LogP contribution in [0.1, 0.15) is 25.0 Å². The Bertz CT molecular complexity index is 1020. The van der Waals surface area contributed by atoms with Crippen molar-refractivity contribution < 1.29 is 23.1 Å². The van der Waals surface area contributed by atoms with Crippen molar-refractivity contribution in [2.24, 2.45) is 5.92 Å². The molecule has 2 saturated heterocycles. The molecule has 5 rings (SSSR count). The molecule has 170 valence electrons. The maximum Gasteiger partial charge on any atom is 0.260 e. The van der Waals surface area contributed by atoms with Crippen LogP contribution < -0.4 is 10.2 Å². The summed E-state index contributed by atoms with van der Waals surface area (Å²) < 4.78 is 40.9. The first kappa shape index (κ1) is 20.9. The summed E-state index contributed by atoms with van der Waals surface area (Å²) in [5.41, 5.74) is 0.557. The number of hydrogen-bond donors (Lipinski definition) is 2. The van der Waals surface area contributed by atoms with Gasteiger partial charge in [-0.3, -0.25) is 9.78 Å². The first-order valence-corrected chi connectivity index (χ1v) is 10.7. The van der Waals surface area contributed by atoms with E-state index in [0.717, 1.165) is 12.8 Å². The molecule has 2 aromatic rings. The van der Waals surface area contributed by atoms with Crippen LogP contribution in [0, 0.1) is 11.7 Å². The third-order valence-corrected chi connectivity index (χ3v) is 6.35. The first-order valence-electron chi connectivity index (χ1n) is 10.7. The minimum absolute atomic E-state index is 0.110. The maximum atomic E-state index is 14.1. The summed E-state index contributed by atoms with van der Waals surface area (Å²) in [4.78, 5) is 29.0. The molecule has 2 aliphatic heterocycles. The number of aliphatic hydroxyl groups is 1. The maximum absolute atomic E-state index is 14.1. The summed E-state index contributed by atoms with van der Waals surface area (Å²) in [7, 11) is 0. The molecule has 2 bridgehead atoms. The molecule has 1 unspecified atom stereocenters.